The van der Waals surface area contributed by atoms with E-state index in [1.54, 1.807) is 12.4 Å². The Morgan fingerprint density at radius 2 is 2.12 bits per heavy atom. The zero-order valence-electron chi connectivity index (χ0n) is 9.01. The number of hydrogen-bond acceptors (Lipinski definition) is 5. The highest BCUT2D eigenvalue weighted by Gasteiger charge is 1.98. The van der Waals surface area contributed by atoms with Crippen molar-refractivity contribution in [2.45, 2.75) is 6.92 Å². The molecule has 0 spiro atoms. The van der Waals surface area contributed by atoms with Crippen molar-refractivity contribution in [3.63, 3.8) is 0 Å². The largest absolute Gasteiger partial charge is 0.370 e. The number of nitrogens with one attached hydrogen (secondary N) is 2. The van der Waals surface area contributed by atoms with E-state index >= 15 is 0 Å². The Balaban J connectivity index is 2.12. The van der Waals surface area contributed by atoms with Gasteiger partial charge in [0.25, 0.3) is 0 Å². The molecular formula is C11H13N5. The summed E-state index contributed by atoms with van der Waals surface area (Å²) in [7, 11) is 0. The van der Waals surface area contributed by atoms with Crippen molar-refractivity contribution in [2.75, 3.05) is 17.2 Å². The first-order valence-electron chi connectivity index (χ1n) is 5.11. The molecule has 5 heteroatoms. The third-order valence-electron chi connectivity index (χ3n) is 1.96. The summed E-state index contributed by atoms with van der Waals surface area (Å²) >= 11 is 0. The van der Waals surface area contributed by atoms with E-state index in [-0.39, 0.29) is 0 Å². The molecule has 2 aromatic heterocycles. The normalized spacial score (nSPS) is 9.81. The van der Waals surface area contributed by atoms with E-state index < -0.39 is 0 Å². The van der Waals surface area contributed by atoms with Gasteiger partial charge < -0.3 is 10.6 Å². The maximum atomic E-state index is 4.13. The minimum Gasteiger partial charge on any atom is -0.370 e. The molecule has 0 saturated carbocycles. The third-order valence-corrected chi connectivity index (χ3v) is 1.96. The van der Waals surface area contributed by atoms with E-state index in [9.17, 15) is 0 Å². The third kappa shape index (κ3) is 2.66. The van der Waals surface area contributed by atoms with Crippen LogP contribution in [0.15, 0.2) is 36.9 Å². The van der Waals surface area contributed by atoms with Gasteiger partial charge in [0.1, 0.15) is 18.0 Å². The molecule has 0 aliphatic rings. The molecule has 0 saturated heterocycles. The first-order valence-corrected chi connectivity index (χ1v) is 5.11. The Morgan fingerprint density at radius 3 is 2.88 bits per heavy atom. The van der Waals surface area contributed by atoms with E-state index in [0.29, 0.717) is 0 Å². The summed E-state index contributed by atoms with van der Waals surface area (Å²) in [5.41, 5.74) is 0.906. The van der Waals surface area contributed by atoms with Crippen molar-refractivity contribution in [3.8, 4) is 0 Å². The van der Waals surface area contributed by atoms with Crippen LogP contribution in [0.2, 0.25) is 0 Å². The minimum atomic E-state index is 0.749. The Bertz CT molecular complexity index is 443. The zero-order chi connectivity index (χ0) is 11.2. The van der Waals surface area contributed by atoms with Crippen molar-refractivity contribution >= 4 is 17.3 Å². The van der Waals surface area contributed by atoms with Crippen molar-refractivity contribution in [1.82, 2.24) is 15.0 Å². The van der Waals surface area contributed by atoms with Gasteiger partial charge in [0.05, 0.1) is 11.9 Å². The summed E-state index contributed by atoms with van der Waals surface area (Å²) < 4.78 is 0. The maximum Gasteiger partial charge on any atom is 0.135 e. The van der Waals surface area contributed by atoms with Crippen LogP contribution in [0.5, 0.6) is 0 Å². The van der Waals surface area contributed by atoms with Gasteiger partial charge in [-0.1, -0.05) is 0 Å². The average molecular weight is 215 g/mol. The molecule has 16 heavy (non-hydrogen) atoms. The molecular weight excluding hydrogens is 202 g/mol. The summed E-state index contributed by atoms with van der Waals surface area (Å²) in [5, 5.41) is 6.28. The van der Waals surface area contributed by atoms with Crippen LogP contribution in [0, 0.1) is 0 Å². The van der Waals surface area contributed by atoms with Crippen LogP contribution in [-0.4, -0.2) is 21.5 Å². The van der Waals surface area contributed by atoms with Crippen LogP contribution in [0.1, 0.15) is 6.92 Å². The Hall–Kier alpha value is -2.17. The number of aromatic nitrogens is 3. The molecule has 0 fully saturated rings. The lowest BCUT2D eigenvalue weighted by molar-refractivity contribution is 1.11. The van der Waals surface area contributed by atoms with E-state index in [1.165, 1.54) is 6.33 Å². The van der Waals surface area contributed by atoms with Gasteiger partial charge in [0.15, 0.2) is 0 Å². The topological polar surface area (TPSA) is 62.7 Å². The molecule has 0 atom stereocenters. The van der Waals surface area contributed by atoms with Gasteiger partial charge in [-0.2, -0.15) is 0 Å². The van der Waals surface area contributed by atoms with E-state index in [0.717, 1.165) is 23.9 Å². The monoisotopic (exact) mass is 215 g/mol. The first-order chi connectivity index (χ1) is 7.88. The van der Waals surface area contributed by atoms with Gasteiger partial charge in [0, 0.05) is 18.8 Å². The summed E-state index contributed by atoms with van der Waals surface area (Å²) in [5.74, 6) is 1.56. The number of nitrogens with zero attached hydrogens (tertiary/aromatic N) is 3. The standard InChI is InChI=1S/C11H13N5/c1-2-13-10-6-11(15-8-14-10)16-9-4-3-5-12-7-9/h3-8H,2H2,1H3,(H2,13,14,15,16). The summed E-state index contributed by atoms with van der Waals surface area (Å²) in [6.07, 6.45) is 5.00. The second kappa shape index (κ2) is 5.06. The van der Waals surface area contributed by atoms with Gasteiger partial charge in [-0.25, -0.2) is 9.97 Å². The fourth-order valence-electron chi connectivity index (χ4n) is 1.29. The van der Waals surface area contributed by atoms with Gasteiger partial charge in [-0.15, -0.1) is 0 Å². The van der Waals surface area contributed by atoms with Gasteiger partial charge in [0.2, 0.25) is 0 Å². The van der Waals surface area contributed by atoms with E-state index in [1.807, 2.05) is 25.1 Å². The fraction of sp³-hybridized carbons (Fsp3) is 0.182. The second-order valence-corrected chi connectivity index (χ2v) is 3.19. The summed E-state index contributed by atoms with van der Waals surface area (Å²) in [4.78, 5) is 12.2. The Morgan fingerprint density at radius 1 is 1.25 bits per heavy atom. The smallest absolute Gasteiger partial charge is 0.135 e. The van der Waals surface area contributed by atoms with Crippen LogP contribution in [0.3, 0.4) is 0 Å². The number of anilines is 3. The molecule has 2 N–H and O–H groups in total. The molecule has 0 amide bonds. The fourth-order valence-corrected chi connectivity index (χ4v) is 1.29. The molecule has 0 aliphatic heterocycles. The highest BCUT2D eigenvalue weighted by molar-refractivity contribution is 5.57. The second-order valence-electron chi connectivity index (χ2n) is 3.19. The molecule has 82 valence electrons. The highest BCUT2D eigenvalue weighted by Crippen LogP contribution is 2.14. The van der Waals surface area contributed by atoms with Gasteiger partial charge in [-0.05, 0) is 19.1 Å². The van der Waals surface area contributed by atoms with Crippen molar-refractivity contribution in [3.05, 3.63) is 36.9 Å². The predicted octanol–water partition coefficient (Wildman–Crippen LogP) is 2.05. The Kier molecular flexibility index (Phi) is 3.28. The molecule has 2 heterocycles. The maximum absolute atomic E-state index is 4.13. The summed E-state index contributed by atoms with van der Waals surface area (Å²) in [6.45, 7) is 2.86. The molecule has 5 nitrogen and oxygen atoms in total. The molecule has 0 aromatic carbocycles. The lowest BCUT2D eigenvalue weighted by Crippen LogP contribution is -2.01. The SMILES string of the molecule is CCNc1cc(Nc2cccnc2)ncn1. The van der Waals surface area contributed by atoms with Crippen LogP contribution >= 0.6 is 0 Å². The van der Waals surface area contributed by atoms with E-state index in [4.69, 9.17) is 0 Å². The molecule has 0 bridgehead atoms. The minimum absolute atomic E-state index is 0.749. The summed E-state index contributed by atoms with van der Waals surface area (Å²) in [6, 6.07) is 5.66. The first kappa shape index (κ1) is 10.4. The lowest BCUT2D eigenvalue weighted by Gasteiger charge is -2.06. The van der Waals surface area contributed by atoms with Crippen molar-refractivity contribution in [2.24, 2.45) is 0 Å². The zero-order valence-corrected chi connectivity index (χ0v) is 9.01. The number of hydrogen-bond donors (Lipinski definition) is 2. The van der Waals surface area contributed by atoms with Crippen LogP contribution in [-0.2, 0) is 0 Å². The van der Waals surface area contributed by atoms with Crippen molar-refractivity contribution in [1.29, 1.82) is 0 Å². The molecule has 0 aliphatic carbocycles. The van der Waals surface area contributed by atoms with Gasteiger partial charge >= 0.3 is 0 Å². The predicted molar refractivity (Wildman–Crippen MR) is 63.7 cm³/mol. The molecule has 0 unspecified atom stereocenters. The molecule has 2 rings (SSSR count). The number of pyridine rings is 1. The van der Waals surface area contributed by atoms with Crippen LogP contribution < -0.4 is 10.6 Å². The quantitative estimate of drug-likeness (QED) is 0.817. The van der Waals surface area contributed by atoms with E-state index in [2.05, 4.69) is 25.6 Å². The Labute approximate surface area is 94.0 Å². The lowest BCUT2D eigenvalue weighted by atomic mass is 10.4. The van der Waals surface area contributed by atoms with Crippen LogP contribution in [0.25, 0.3) is 0 Å². The van der Waals surface area contributed by atoms with Crippen molar-refractivity contribution < 1.29 is 0 Å². The van der Waals surface area contributed by atoms with Crippen LogP contribution in [0.4, 0.5) is 17.3 Å². The molecule has 0 radical (unpaired) electrons. The van der Waals surface area contributed by atoms with Gasteiger partial charge in [-0.3, -0.25) is 4.98 Å². The molecule has 2 aromatic rings. The number of rotatable bonds is 4. The average Bonchev–Trinajstić information content (AvgIpc) is 2.31. The highest BCUT2D eigenvalue weighted by atomic mass is 15.1.